The second-order valence-corrected chi connectivity index (χ2v) is 3.80. The first-order chi connectivity index (χ1) is 6.09. The lowest BCUT2D eigenvalue weighted by Crippen LogP contribution is -2.42. The van der Waals surface area contributed by atoms with Gasteiger partial charge >= 0.3 is 0 Å². The summed E-state index contributed by atoms with van der Waals surface area (Å²) in [5.74, 6) is 0.366. The highest BCUT2D eigenvalue weighted by atomic mass is 16.2. The van der Waals surface area contributed by atoms with E-state index >= 15 is 0 Å². The molecule has 0 aromatic heterocycles. The van der Waals surface area contributed by atoms with E-state index in [0.29, 0.717) is 25.3 Å². The molecule has 0 radical (unpaired) electrons. The Balaban J connectivity index is 2.27. The minimum Gasteiger partial charge on any atom is -0.354 e. The number of hydrogen-bond donors (Lipinski definition) is 2. The van der Waals surface area contributed by atoms with Gasteiger partial charge in [-0.3, -0.25) is 9.59 Å². The first-order valence-electron chi connectivity index (χ1n) is 4.66. The molecule has 0 unspecified atom stereocenters. The van der Waals surface area contributed by atoms with Crippen LogP contribution >= 0.6 is 0 Å². The fourth-order valence-corrected chi connectivity index (χ4v) is 1.24. The normalized spacial score (nSPS) is 21.8. The molecule has 0 aliphatic carbocycles. The van der Waals surface area contributed by atoms with Crippen LogP contribution in [-0.4, -0.2) is 24.4 Å². The number of rotatable bonds is 3. The Morgan fingerprint density at radius 2 is 2.38 bits per heavy atom. The lowest BCUT2D eigenvalue weighted by atomic mass is 10.2. The third-order valence-electron chi connectivity index (χ3n) is 2.00. The van der Waals surface area contributed by atoms with Gasteiger partial charge in [-0.1, -0.05) is 13.8 Å². The van der Waals surface area contributed by atoms with Gasteiger partial charge in [0.2, 0.25) is 11.8 Å². The third-order valence-corrected chi connectivity index (χ3v) is 2.00. The molecule has 0 aromatic carbocycles. The van der Waals surface area contributed by atoms with E-state index in [2.05, 4.69) is 10.6 Å². The zero-order valence-corrected chi connectivity index (χ0v) is 8.09. The summed E-state index contributed by atoms with van der Waals surface area (Å²) < 4.78 is 0. The maximum Gasteiger partial charge on any atom is 0.242 e. The predicted molar refractivity (Wildman–Crippen MR) is 49.0 cm³/mol. The minimum atomic E-state index is -0.300. The molecule has 4 heteroatoms. The summed E-state index contributed by atoms with van der Waals surface area (Å²) in [5, 5.41) is 5.42. The molecule has 1 rings (SSSR count). The monoisotopic (exact) mass is 184 g/mol. The number of nitrogens with one attached hydrogen (secondary N) is 2. The topological polar surface area (TPSA) is 58.2 Å². The van der Waals surface area contributed by atoms with E-state index in [9.17, 15) is 9.59 Å². The molecular weight excluding hydrogens is 168 g/mol. The van der Waals surface area contributed by atoms with E-state index in [4.69, 9.17) is 0 Å². The molecule has 1 heterocycles. The zero-order valence-electron chi connectivity index (χ0n) is 8.09. The van der Waals surface area contributed by atoms with Crippen molar-refractivity contribution < 1.29 is 9.59 Å². The Morgan fingerprint density at radius 1 is 1.69 bits per heavy atom. The van der Waals surface area contributed by atoms with Crippen molar-refractivity contribution in [2.24, 2.45) is 5.92 Å². The van der Waals surface area contributed by atoms with Gasteiger partial charge in [-0.05, 0) is 12.3 Å². The number of carbonyl (C=O) groups excluding carboxylic acids is 2. The van der Waals surface area contributed by atoms with E-state index in [-0.39, 0.29) is 17.9 Å². The molecule has 0 saturated carbocycles. The first kappa shape index (κ1) is 10.0. The molecule has 74 valence electrons. The van der Waals surface area contributed by atoms with Crippen molar-refractivity contribution in [2.75, 3.05) is 6.54 Å². The van der Waals surface area contributed by atoms with Crippen LogP contribution in [0, 0.1) is 5.92 Å². The van der Waals surface area contributed by atoms with Gasteiger partial charge in [0.25, 0.3) is 0 Å². The van der Waals surface area contributed by atoms with Crippen LogP contribution in [0.2, 0.25) is 0 Å². The quantitative estimate of drug-likeness (QED) is 0.650. The molecule has 13 heavy (non-hydrogen) atoms. The Morgan fingerprint density at radius 3 is 2.85 bits per heavy atom. The van der Waals surface area contributed by atoms with Gasteiger partial charge in [0.15, 0.2) is 0 Å². The van der Waals surface area contributed by atoms with Crippen LogP contribution in [0.3, 0.4) is 0 Å². The summed E-state index contributed by atoms with van der Waals surface area (Å²) in [6.07, 6.45) is 1.10. The summed E-state index contributed by atoms with van der Waals surface area (Å²) in [7, 11) is 0. The lowest BCUT2D eigenvalue weighted by Gasteiger charge is -2.12. The highest BCUT2D eigenvalue weighted by Gasteiger charge is 2.26. The van der Waals surface area contributed by atoms with E-state index in [1.165, 1.54) is 0 Å². The van der Waals surface area contributed by atoms with Gasteiger partial charge < -0.3 is 10.6 Å². The average molecular weight is 184 g/mol. The highest BCUT2D eigenvalue weighted by molar-refractivity contribution is 5.90. The highest BCUT2D eigenvalue weighted by Crippen LogP contribution is 2.06. The van der Waals surface area contributed by atoms with Crippen molar-refractivity contribution in [1.82, 2.24) is 10.6 Å². The summed E-state index contributed by atoms with van der Waals surface area (Å²) >= 11 is 0. The molecule has 2 N–H and O–H groups in total. The molecule has 2 amide bonds. The van der Waals surface area contributed by atoms with Gasteiger partial charge in [-0.2, -0.15) is 0 Å². The fraction of sp³-hybridized carbons (Fsp3) is 0.778. The summed E-state index contributed by atoms with van der Waals surface area (Å²) in [6, 6.07) is -0.300. The van der Waals surface area contributed by atoms with E-state index < -0.39 is 0 Å². The smallest absolute Gasteiger partial charge is 0.242 e. The second kappa shape index (κ2) is 4.25. The van der Waals surface area contributed by atoms with Gasteiger partial charge in [0, 0.05) is 13.0 Å². The third kappa shape index (κ3) is 3.05. The molecule has 1 saturated heterocycles. The molecule has 1 aliphatic heterocycles. The second-order valence-electron chi connectivity index (χ2n) is 3.80. The summed E-state index contributed by atoms with van der Waals surface area (Å²) in [5.41, 5.74) is 0. The summed E-state index contributed by atoms with van der Waals surface area (Å²) in [4.78, 5) is 22.2. The standard InChI is InChI=1S/C9H16N2O2/c1-6(2)5-10-9(13)7-3-4-8(12)11-7/h6-7H,3-5H2,1-2H3,(H,10,13)(H,11,12)/t7-/m0/s1. The molecule has 0 aromatic rings. The Hall–Kier alpha value is -1.06. The van der Waals surface area contributed by atoms with Crippen LogP contribution in [0.25, 0.3) is 0 Å². The summed E-state index contributed by atoms with van der Waals surface area (Å²) in [6.45, 7) is 4.74. The Bertz CT molecular complexity index is 214. The van der Waals surface area contributed by atoms with Gasteiger partial charge in [0.1, 0.15) is 6.04 Å². The minimum absolute atomic E-state index is 0.0234. The first-order valence-corrected chi connectivity index (χ1v) is 4.66. The molecule has 0 bridgehead atoms. The van der Waals surface area contributed by atoms with Crippen molar-refractivity contribution in [3.8, 4) is 0 Å². The van der Waals surface area contributed by atoms with Crippen LogP contribution < -0.4 is 10.6 Å². The van der Waals surface area contributed by atoms with Gasteiger partial charge in [-0.15, -0.1) is 0 Å². The largest absolute Gasteiger partial charge is 0.354 e. The Labute approximate surface area is 78.1 Å². The van der Waals surface area contributed by atoms with Crippen LogP contribution in [0.1, 0.15) is 26.7 Å². The van der Waals surface area contributed by atoms with E-state index in [1.54, 1.807) is 0 Å². The van der Waals surface area contributed by atoms with Crippen LogP contribution in [0.5, 0.6) is 0 Å². The molecule has 1 atom stereocenters. The van der Waals surface area contributed by atoms with Crippen LogP contribution in [-0.2, 0) is 9.59 Å². The molecule has 1 fully saturated rings. The fourth-order valence-electron chi connectivity index (χ4n) is 1.24. The molecule has 4 nitrogen and oxygen atoms in total. The van der Waals surface area contributed by atoms with Crippen LogP contribution in [0.15, 0.2) is 0 Å². The molecule has 0 spiro atoms. The predicted octanol–water partition coefficient (Wildman–Crippen LogP) is 0.0372. The van der Waals surface area contributed by atoms with Gasteiger partial charge in [-0.25, -0.2) is 0 Å². The number of amides is 2. The van der Waals surface area contributed by atoms with Crippen molar-refractivity contribution >= 4 is 11.8 Å². The maximum absolute atomic E-state index is 11.4. The lowest BCUT2D eigenvalue weighted by molar-refractivity contribution is -0.125. The van der Waals surface area contributed by atoms with Crippen molar-refractivity contribution in [3.05, 3.63) is 0 Å². The zero-order chi connectivity index (χ0) is 9.84. The van der Waals surface area contributed by atoms with Crippen LogP contribution in [0.4, 0.5) is 0 Å². The Kier molecular flexibility index (Phi) is 3.28. The van der Waals surface area contributed by atoms with Crippen molar-refractivity contribution in [1.29, 1.82) is 0 Å². The SMILES string of the molecule is CC(C)CNC(=O)[C@@H]1CCC(=O)N1. The van der Waals surface area contributed by atoms with Gasteiger partial charge in [0.05, 0.1) is 0 Å². The van der Waals surface area contributed by atoms with Crippen molar-refractivity contribution in [2.45, 2.75) is 32.7 Å². The average Bonchev–Trinajstić information content (AvgIpc) is 2.47. The number of hydrogen-bond acceptors (Lipinski definition) is 2. The molecule has 1 aliphatic rings. The van der Waals surface area contributed by atoms with Crippen molar-refractivity contribution in [3.63, 3.8) is 0 Å². The molecular formula is C9H16N2O2. The maximum atomic E-state index is 11.4. The van der Waals surface area contributed by atoms with E-state index in [0.717, 1.165) is 0 Å². The van der Waals surface area contributed by atoms with E-state index in [1.807, 2.05) is 13.8 Å². The number of carbonyl (C=O) groups is 2.